The number of methoxy groups -OCH3 is 1. The lowest BCUT2D eigenvalue weighted by molar-refractivity contribution is 0.112. The molecule has 1 N–H and O–H groups in total. The van der Waals surface area contributed by atoms with Crippen LogP contribution >= 0.6 is 0 Å². The van der Waals surface area contributed by atoms with Gasteiger partial charge in [-0.25, -0.2) is 0 Å². The Morgan fingerprint density at radius 2 is 2.07 bits per heavy atom. The van der Waals surface area contributed by atoms with Gasteiger partial charge in [-0.15, -0.1) is 0 Å². The van der Waals surface area contributed by atoms with Gasteiger partial charge in [-0.2, -0.15) is 0 Å². The molecule has 0 heterocycles. The van der Waals surface area contributed by atoms with Crippen molar-refractivity contribution in [1.29, 1.82) is 0 Å². The zero-order valence-electron chi connectivity index (χ0n) is 8.23. The molecular formula is C12H10O3. The van der Waals surface area contributed by atoms with Crippen LogP contribution in [-0.2, 0) is 0 Å². The summed E-state index contributed by atoms with van der Waals surface area (Å²) in [6.07, 6.45) is 0.724. The Hall–Kier alpha value is -2.03. The maximum Gasteiger partial charge on any atom is 0.150 e. The monoisotopic (exact) mass is 202 g/mol. The Bertz CT molecular complexity index is 518. The first-order valence-corrected chi connectivity index (χ1v) is 4.52. The second-order valence-electron chi connectivity index (χ2n) is 3.17. The number of aromatic hydroxyl groups is 1. The average Bonchev–Trinajstić information content (AvgIpc) is 2.29. The van der Waals surface area contributed by atoms with E-state index in [1.165, 1.54) is 6.07 Å². The van der Waals surface area contributed by atoms with Gasteiger partial charge in [0.15, 0.2) is 6.29 Å². The van der Waals surface area contributed by atoms with Crippen LogP contribution in [0.15, 0.2) is 30.3 Å². The third-order valence-electron chi connectivity index (χ3n) is 2.36. The van der Waals surface area contributed by atoms with Crippen molar-refractivity contribution in [2.24, 2.45) is 0 Å². The van der Waals surface area contributed by atoms with E-state index in [0.717, 1.165) is 11.7 Å². The normalized spacial score (nSPS) is 10.2. The third kappa shape index (κ3) is 1.42. The number of phenolic OH excluding ortho intramolecular Hbond substituents is 1. The fraction of sp³-hybridized carbons (Fsp3) is 0.0833. The van der Waals surface area contributed by atoms with Crippen LogP contribution < -0.4 is 4.74 Å². The Balaban J connectivity index is 2.92. The molecule has 3 heteroatoms. The number of hydrogen-bond donors (Lipinski definition) is 1. The second-order valence-corrected chi connectivity index (χ2v) is 3.17. The molecule has 0 saturated heterocycles. The predicted molar refractivity (Wildman–Crippen MR) is 57.6 cm³/mol. The highest BCUT2D eigenvalue weighted by Gasteiger charge is 2.08. The first-order valence-electron chi connectivity index (χ1n) is 4.52. The first kappa shape index (κ1) is 9.52. The van der Waals surface area contributed by atoms with Crippen LogP contribution in [0, 0.1) is 0 Å². The van der Waals surface area contributed by atoms with E-state index in [9.17, 15) is 9.90 Å². The smallest absolute Gasteiger partial charge is 0.150 e. The summed E-state index contributed by atoms with van der Waals surface area (Å²) >= 11 is 0. The summed E-state index contributed by atoms with van der Waals surface area (Å²) in [5, 5.41) is 11.0. The quantitative estimate of drug-likeness (QED) is 0.760. The van der Waals surface area contributed by atoms with Crippen LogP contribution in [0.5, 0.6) is 11.5 Å². The average molecular weight is 202 g/mol. The highest BCUT2D eigenvalue weighted by atomic mass is 16.5. The van der Waals surface area contributed by atoms with Crippen LogP contribution in [0.4, 0.5) is 0 Å². The molecule has 0 fully saturated rings. The fourth-order valence-corrected chi connectivity index (χ4v) is 1.67. The molecule has 0 aliphatic rings. The van der Waals surface area contributed by atoms with E-state index in [4.69, 9.17) is 4.74 Å². The summed E-state index contributed by atoms with van der Waals surface area (Å²) in [7, 11) is 1.55. The zero-order chi connectivity index (χ0) is 10.8. The topological polar surface area (TPSA) is 46.5 Å². The van der Waals surface area contributed by atoms with Gasteiger partial charge in [0.05, 0.1) is 7.11 Å². The molecule has 0 spiro atoms. The molecule has 0 radical (unpaired) electrons. The molecule has 0 aliphatic heterocycles. The van der Waals surface area contributed by atoms with Gasteiger partial charge in [0.1, 0.15) is 11.5 Å². The van der Waals surface area contributed by atoms with Gasteiger partial charge in [0.2, 0.25) is 0 Å². The SMILES string of the molecule is COc1ccc(O)c2c(C=O)cccc12. The van der Waals surface area contributed by atoms with Gasteiger partial charge in [-0.05, 0) is 12.1 Å². The lowest BCUT2D eigenvalue weighted by Crippen LogP contribution is -1.88. The van der Waals surface area contributed by atoms with Crippen molar-refractivity contribution < 1.29 is 14.6 Å². The van der Waals surface area contributed by atoms with Crippen LogP contribution in [0.25, 0.3) is 10.8 Å². The Kier molecular flexibility index (Phi) is 2.29. The molecule has 3 nitrogen and oxygen atoms in total. The highest BCUT2D eigenvalue weighted by molar-refractivity contribution is 6.04. The number of aldehydes is 1. The number of ether oxygens (including phenoxy) is 1. The number of fused-ring (bicyclic) bond motifs is 1. The molecule has 0 unspecified atom stereocenters. The third-order valence-corrected chi connectivity index (χ3v) is 2.36. The fourth-order valence-electron chi connectivity index (χ4n) is 1.67. The number of carbonyl (C=O) groups excluding carboxylic acids is 1. The van der Waals surface area contributed by atoms with Crippen molar-refractivity contribution >= 4 is 17.1 Å². The summed E-state index contributed by atoms with van der Waals surface area (Å²) in [5.74, 6) is 0.736. The van der Waals surface area contributed by atoms with E-state index in [1.54, 1.807) is 31.4 Å². The van der Waals surface area contributed by atoms with Crippen molar-refractivity contribution in [3.8, 4) is 11.5 Å². The Morgan fingerprint density at radius 3 is 2.73 bits per heavy atom. The predicted octanol–water partition coefficient (Wildman–Crippen LogP) is 2.37. The largest absolute Gasteiger partial charge is 0.507 e. The van der Waals surface area contributed by atoms with E-state index in [-0.39, 0.29) is 5.75 Å². The van der Waals surface area contributed by atoms with Crippen molar-refractivity contribution in [3.05, 3.63) is 35.9 Å². The van der Waals surface area contributed by atoms with Crippen molar-refractivity contribution in [2.45, 2.75) is 0 Å². The van der Waals surface area contributed by atoms with Crippen LogP contribution in [0.2, 0.25) is 0 Å². The highest BCUT2D eigenvalue weighted by Crippen LogP contribution is 2.33. The summed E-state index contributed by atoms with van der Waals surface area (Å²) in [4.78, 5) is 10.8. The summed E-state index contributed by atoms with van der Waals surface area (Å²) in [6, 6.07) is 8.42. The molecule has 2 aromatic rings. The molecule has 2 aromatic carbocycles. The van der Waals surface area contributed by atoms with E-state index >= 15 is 0 Å². The molecule has 0 aromatic heterocycles. The molecule has 0 aliphatic carbocycles. The van der Waals surface area contributed by atoms with Gasteiger partial charge in [0.25, 0.3) is 0 Å². The van der Waals surface area contributed by atoms with Gasteiger partial charge in [0, 0.05) is 16.3 Å². The van der Waals surface area contributed by atoms with Crippen LogP contribution in [-0.4, -0.2) is 18.5 Å². The maximum absolute atomic E-state index is 10.8. The summed E-state index contributed by atoms with van der Waals surface area (Å²) < 4.78 is 5.15. The standard InChI is InChI=1S/C12H10O3/c1-15-11-6-5-10(14)12-8(7-13)3-2-4-9(11)12/h2-7,14H,1H3. The minimum Gasteiger partial charge on any atom is -0.507 e. The lowest BCUT2D eigenvalue weighted by Gasteiger charge is -2.08. The first-order chi connectivity index (χ1) is 7.27. The van der Waals surface area contributed by atoms with Crippen LogP contribution in [0.3, 0.4) is 0 Å². The minimum atomic E-state index is 0.0912. The van der Waals surface area contributed by atoms with Crippen molar-refractivity contribution in [1.82, 2.24) is 0 Å². The molecule has 0 bridgehead atoms. The molecule has 0 amide bonds. The molecule has 15 heavy (non-hydrogen) atoms. The molecular weight excluding hydrogens is 192 g/mol. The Morgan fingerprint density at radius 1 is 1.27 bits per heavy atom. The van der Waals surface area contributed by atoms with E-state index in [2.05, 4.69) is 0 Å². The molecule has 2 rings (SSSR count). The number of rotatable bonds is 2. The van der Waals surface area contributed by atoms with Crippen molar-refractivity contribution in [3.63, 3.8) is 0 Å². The number of carbonyl (C=O) groups is 1. The van der Waals surface area contributed by atoms with E-state index in [1.807, 2.05) is 0 Å². The van der Waals surface area contributed by atoms with E-state index < -0.39 is 0 Å². The van der Waals surface area contributed by atoms with E-state index in [0.29, 0.717) is 16.7 Å². The maximum atomic E-state index is 10.8. The van der Waals surface area contributed by atoms with Crippen LogP contribution in [0.1, 0.15) is 10.4 Å². The van der Waals surface area contributed by atoms with Gasteiger partial charge in [-0.1, -0.05) is 18.2 Å². The molecule has 0 saturated carbocycles. The number of benzene rings is 2. The van der Waals surface area contributed by atoms with Crippen molar-refractivity contribution in [2.75, 3.05) is 7.11 Å². The minimum absolute atomic E-state index is 0.0912. The molecule has 0 atom stereocenters. The number of phenols is 1. The van der Waals surface area contributed by atoms with Gasteiger partial charge >= 0.3 is 0 Å². The van der Waals surface area contributed by atoms with Gasteiger partial charge in [-0.3, -0.25) is 4.79 Å². The summed E-state index contributed by atoms with van der Waals surface area (Å²) in [5.41, 5.74) is 0.462. The second kappa shape index (κ2) is 3.61. The summed E-state index contributed by atoms with van der Waals surface area (Å²) in [6.45, 7) is 0. The number of hydrogen-bond acceptors (Lipinski definition) is 3. The Labute approximate surface area is 86.9 Å². The van der Waals surface area contributed by atoms with Gasteiger partial charge < -0.3 is 9.84 Å². The molecule has 76 valence electrons. The lowest BCUT2D eigenvalue weighted by atomic mass is 10.0. The zero-order valence-corrected chi connectivity index (χ0v) is 8.23.